The molecule has 19 heavy (non-hydrogen) atoms. The van der Waals surface area contributed by atoms with Gasteiger partial charge in [-0.3, -0.25) is 0 Å². The summed E-state index contributed by atoms with van der Waals surface area (Å²) in [5.74, 6) is 0. The van der Waals surface area contributed by atoms with Crippen molar-refractivity contribution in [3.05, 3.63) is 65.3 Å². The van der Waals surface area contributed by atoms with Crippen LogP contribution < -0.4 is 0 Å². The van der Waals surface area contributed by atoms with E-state index in [1.54, 1.807) is 0 Å². The standard InChI is InChI=1S/C16H14ClNS/c1-11(19-13-5-3-2-4-6-13)15-10-18-16-8-7-12(17)9-14(15)16/h2-11,18H,1H3. The lowest BCUT2D eigenvalue weighted by Gasteiger charge is -2.10. The lowest BCUT2D eigenvalue weighted by Crippen LogP contribution is -1.86. The Morgan fingerprint density at radius 3 is 2.68 bits per heavy atom. The summed E-state index contributed by atoms with van der Waals surface area (Å²) in [4.78, 5) is 4.59. The maximum atomic E-state index is 6.09. The fraction of sp³-hybridized carbons (Fsp3) is 0.125. The Morgan fingerprint density at radius 2 is 1.89 bits per heavy atom. The number of halogens is 1. The number of H-pyrrole nitrogens is 1. The van der Waals surface area contributed by atoms with Crippen LogP contribution >= 0.6 is 23.4 Å². The summed E-state index contributed by atoms with van der Waals surface area (Å²) in [6.45, 7) is 2.22. The fourth-order valence-electron chi connectivity index (χ4n) is 2.22. The van der Waals surface area contributed by atoms with Gasteiger partial charge >= 0.3 is 0 Å². The molecule has 1 atom stereocenters. The Morgan fingerprint density at radius 1 is 1.11 bits per heavy atom. The number of aromatic amines is 1. The summed E-state index contributed by atoms with van der Waals surface area (Å²) in [7, 11) is 0. The van der Waals surface area contributed by atoms with Crippen LogP contribution in [0, 0.1) is 0 Å². The molecule has 0 saturated carbocycles. The van der Waals surface area contributed by atoms with E-state index in [2.05, 4.69) is 42.4 Å². The van der Waals surface area contributed by atoms with Gasteiger partial charge in [-0.05, 0) is 42.8 Å². The Bertz CT molecular complexity index is 690. The molecule has 0 radical (unpaired) electrons. The van der Waals surface area contributed by atoms with Crippen molar-refractivity contribution >= 4 is 34.3 Å². The second kappa shape index (κ2) is 5.32. The van der Waals surface area contributed by atoms with Gasteiger partial charge in [-0.25, -0.2) is 0 Å². The second-order valence-corrected chi connectivity index (χ2v) is 6.36. The Balaban J connectivity index is 1.93. The van der Waals surface area contributed by atoms with Crippen molar-refractivity contribution in [3.63, 3.8) is 0 Å². The van der Waals surface area contributed by atoms with Crippen LogP contribution in [0.25, 0.3) is 10.9 Å². The van der Waals surface area contributed by atoms with Crippen LogP contribution in [0.2, 0.25) is 5.02 Å². The van der Waals surface area contributed by atoms with Gasteiger partial charge in [0.05, 0.1) is 0 Å². The molecule has 3 aromatic rings. The number of thioether (sulfide) groups is 1. The number of aromatic nitrogens is 1. The molecule has 1 unspecified atom stereocenters. The van der Waals surface area contributed by atoms with Gasteiger partial charge in [0.1, 0.15) is 0 Å². The van der Waals surface area contributed by atoms with Gasteiger partial charge in [-0.1, -0.05) is 29.8 Å². The molecule has 0 amide bonds. The van der Waals surface area contributed by atoms with E-state index >= 15 is 0 Å². The number of hydrogen-bond acceptors (Lipinski definition) is 1. The molecule has 0 aliphatic heterocycles. The van der Waals surface area contributed by atoms with Gasteiger partial charge in [-0.15, -0.1) is 11.8 Å². The first-order chi connectivity index (χ1) is 9.24. The topological polar surface area (TPSA) is 15.8 Å². The van der Waals surface area contributed by atoms with E-state index in [-0.39, 0.29) is 0 Å². The van der Waals surface area contributed by atoms with E-state index in [4.69, 9.17) is 11.6 Å². The van der Waals surface area contributed by atoms with Gasteiger partial charge in [0.25, 0.3) is 0 Å². The third-order valence-electron chi connectivity index (χ3n) is 3.17. The number of benzene rings is 2. The molecule has 0 aliphatic rings. The quantitative estimate of drug-likeness (QED) is 0.613. The lowest BCUT2D eigenvalue weighted by atomic mass is 10.1. The number of fused-ring (bicyclic) bond motifs is 1. The Kier molecular flexibility index (Phi) is 3.54. The molecular weight excluding hydrogens is 274 g/mol. The molecule has 0 fully saturated rings. The van der Waals surface area contributed by atoms with Crippen molar-refractivity contribution in [3.8, 4) is 0 Å². The zero-order chi connectivity index (χ0) is 13.2. The maximum Gasteiger partial charge on any atom is 0.0458 e. The summed E-state index contributed by atoms with van der Waals surface area (Å²) in [6, 6.07) is 16.4. The fourth-order valence-corrected chi connectivity index (χ4v) is 3.43. The predicted octanol–water partition coefficient (Wildman–Crippen LogP) is 5.67. The van der Waals surface area contributed by atoms with Crippen LogP contribution in [-0.4, -0.2) is 4.98 Å². The van der Waals surface area contributed by atoms with Crippen molar-refractivity contribution in [1.82, 2.24) is 4.98 Å². The molecule has 0 bridgehead atoms. The van der Waals surface area contributed by atoms with Crippen molar-refractivity contribution in [2.45, 2.75) is 17.1 Å². The minimum Gasteiger partial charge on any atom is -0.361 e. The van der Waals surface area contributed by atoms with Crippen LogP contribution in [0.5, 0.6) is 0 Å². The third-order valence-corrected chi connectivity index (χ3v) is 4.56. The molecule has 2 aromatic carbocycles. The van der Waals surface area contributed by atoms with Crippen molar-refractivity contribution in [2.75, 3.05) is 0 Å². The molecular formula is C16H14ClNS. The summed E-state index contributed by atoms with van der Waals surface area (Å²) < 4.78 is 0. The van der Waals surface area contributed by atoms with Crippen LogP contribution in [0.15, 0.2) is 59.6 Å². The van der Waals surface area contributed by atoms with Crippen molar-refractivity contribution in [1.29, 1.82) is 0 Å². The summed E-state index contributed by atoms with van der Waals surface area (Å²) >= 11 is 7.95. The minimum atomic E-state index is 0.384. The van der Waals surface area contributed by atoms with E-state index in [0.717, 1.165) is 10.5 Å². The highest BCUT2D eigenvalue weighted by molar-refractivity contribution is 7.99. The van der Waals surface area contributed by atoms with E-state index in [9.17, 15) is 0 Å². The number of nitrogens with one attached hydrogen (secondary N) is 1. The number of hydrogen-bond donors (Lipinski definition) is 1. The highest BCUT2D eigenvalue weighted by atomic mass is 35.5. The van der Waals surface area contributed by atoms with Crippen molar-refractivity contribution < 1.29 is 0 Å². The first-order valence-corrected chi connectivity index (χ1v) is 7.48. The molecule has 96 valence electrons. The van der Waals surface area contributed by atoms with Gasteiger partial charge in [0.2, 0.25) is 0 Å². The van der Waals surface area contributed by atoms with E-state index in [0.29, 0.717) is 5.25 Å². The first-order valence-electron chi connectivity index (χ1n) is 6.22. The van der Waals surface area contributed by atoms with Crippen LogP contribution in [0.3, 0.4) is 0 Å². The van der Waals surface area contributed by atoms with Gasteiger partial charge < -0.3 is 4.98 Å². The van der Waals surface area contributed by atoms with Crippen LogP contribution in [-0.2, 0) is 0 Å². The zero-order valence-corrected chi connectivity index (χ0v) is 12.1. The summed E-state index contributed by atoms with van der Waals surface area (Å²) in [6.07, 6.45) is 2.08. The highest BCUT2D eigenvalue weighted by Crippen LogP contribution is 2.38. The molecule has 1 heterocycles. The normalized spacial score (nSPS) is 12.7. The van der Waals surface area contributed by atoms with Gasteiger partial charge in [0.15, 0.2) is 0 Å². The zero-order valence-electron chi connectivity index (χ0n) is 10.6. The van der Waals surface area contributed by atoms with Crippen LogP contribution in [0.4, 0.5) is 0 Å². The summed E-state index contributed by atoms with van der Waals surface area (Å²) in [5, 5.41) is 2.38. The maximum absolute atomic E-state index is 6.09. The van der Waals surface area contributed by atoms with Crippen molar-refractivity contribution in [2.24, 2.45) is 0 Å². The summed E-state index contributed by atoms with van der Waals surface area (Å²) in [5.41, 5.74) is 2.44. The SMILES string of the molecule is CC(Sc1ccccc1)c1c[nH]c2ccc(Cl)cc12. The predicted molar refractivity (Wildman–Crippen MR) is 84.0 cm³/mol. The molecule has 0 aliphatic carbocycles. The lowest BCUT2D eigenvalue weighted by molar-refractivity contribution is 1.11. The minimum absolute atomic E-state index is 0.384. The Hall–Kier alpha value is -1.38. The Labute approximate surface area is 122 Å². The molecule has 1 aromatic heterocycles. The van der Waals surface area contributed by atoms with Gasteiger partial charge in [0, 0.05) is 32.3 Å². The second-order valence-electron chi connectivity index (χ2n) is 4.51. The van der Waals surface area contributed by atoms with Gasteiger partial charge in [-0.2, -0.15) is 0 Å². The third kappa shape index (κ3) is 2.65. The average Bonchev–Trinajstić information content (AvgIpc) is 2.82. The van der Waals surface area contributed by atoms with E-state index < -0.39 is 0 Å². The molecule has 1 N–H and O–H groups in total. The number of rotatable bonds is 3. The average molecular weight is 288 g/mol. The monoisotopic (exact) mass is 287 g/mol. The molecule has 3 heteroatoms. The molecule has 0 spiro atoms. The first kappa shape index (κ1) is 12.6. The largest absolute Gasteiger partial charge is 0.361 e. The molecule has 3 rings (SSSR count). The molecule has 1 nitrogen and oxygen atoms in total. The van der Waals surface area contributed by atoms with E-state index in [1.165, 1.54) is 15.8 Å². The highest BCUT2D eigenvalue weighted by Gasteiger charge is 2.12. The smallest absolute Gasteiger partial charge is 0.0458 e. The van der Waals surface area contributed by atoms with E-state index in [1.807, 2.05) is 36.0 Å². The molecule has 0 saturated heterocycles. The van der Waals surface area contributed by atoms with Crippen LogP contribution in [0.1, 0.15) is 17.7 Å².